The zero-order chi connectivity index (χ0) is 13.1. The number of rotatable bonds is 4. The zero-order valence-corrected chi connectivity index (χ0v) is 11.6. The van der Waals surface area contributed by atoms with Gasteiger partial charge in [0.15, 0.2) is 0 Å². The third kappa shape index (κ3) is 2.59. The van der Waals surface area contributed by atoms with Crippen molar-refractivity contribution in [3.8, 4) is 0 Å². The Morgan fingerprint density at radius 3 is 2.83 bits per heavy atom. The van der Waals surface area contributed by atoms with Crippen LogP contribution < -0.4 is 16.6 Å². The summed E-state index contributed by atoms with van der Waals surface area (Å²) in [7, 11) is 0. The SMILES string of the molecule is Cc1noc(C)c1CNc1nc(NN)ncc1Br. The monoisotopic (exact) mass is 312 g/mol. The molecule has 2 aromatic rings. The highest BCUT2D eigenvalue weighted by atomic mass is 79.9. The molecule has 0 fully saturated rings. The molecule has 0 aliphatic rings. The lowest BCUT2D eigenvalue weighted by Crippen LogP contribution is -2.12. The number of hydrogen-bond donors (Lipinski definition) is 3. The number of halogens is 1. The van der Waals surface area contributed by atoms with E-state index in [0.29, 0.717) is 18.3 Å². The molecule has 0 bridgehead atoms. The van der Waals surface area contributed by atoms with Crippen LogP contribution in [0.15, 0.2) is 15.2 Å². The Hall–Kier alpha value is -1.67. The van der Waals surface area contributed by atoms with Crippen molar-refractivity contribution >= 4 is 27.7 Å². The normalized spacial score (nSPS) is 10.4. The number of nitrogens with two attached hydrogens (primary N) is 1. The summed E-state index contributed by atoms with van der Waals surface area (Å²) in [6.45, 7) is 4.34. The van der Waals surface area contributed by atoms with Gasteiger partial charge in [0.25, 0.3) is 0 Å². The second-order valence-electron chi connectivity index (χ2n) is 3.69. The largest absolute Gasteiger partial charge is 0.365 e. The molecule has 18 heavy (non-hydrogen) atoms. The number of anilines is 2. The number of hydrogen-bond acceptors (Lipinski definition) is 7. The molecule has 96 valence electrons. The minimum absolute atomic E-state index is 0.347. The van der Waals surface area contributed by atoms with Gasteiger partial charge in [-0.15, -0.1) is 0 Å². The molecule has 0 aliphatic carbocycles. The Kier molecular flexibility index (Phi) is 3.78. The Bertz CT molecular complexity index is 536. The van der Waals surface area contributed by atoms with Gasteiger partial charge in [0.2, 0.25) is 5.95 Å². The minimum Gasteiger partial charge on any atom is -0.365 e. The van der Waals surface area contributed by atoms with Crippen LogP contribution >= 0.6 is 15.9 Å². The fraction of sp³-hybridized carbons (Fsp3) is 0.300. The maximum absolute atomic E-state index is 5.26. The molecule has 0 saturated heterocycles. The van der Waals surface area contributed by atoms with Crippen molar-refractivity contribution in [3.63, 3.8) is 0 Å². The van der Waals surface area contributed by atoms with E-state index >= 15 is 0 Å². The lowest BCUT2D eigenvalue weighted by atomic mass is 10.2. The molecule has 4 N–H and O–H groups in total. The smallest absolute Gasteiger partial charge is 0.239 e. The van der Waals surface area contributed by atoms with Crippen molar-refractivity contribution in [3.05, 3.63) is 27.7 Å². The lowest BCUT2D eigenvalue weighted by Gasteiger charge is -2.08. The minimum atomic E-state index is 0.347. The molecule has 2 rings (SSSR count). The van der Waals surface area contributed by atoms with Gasteiger partial charge in [-0.05, 0) is 29.8 Å². The predicted octanol–water partition coefficient (Wildman–Crippen LogP) is 1.74. The van der Waals surface area contributed by atoms with Crippen molar-refractivity contribution in [2.75, 3.05) is 10.7 Å². The Balaban J connectivity index is 2.15. The van der Waals surface area contributed by atoms with Gasteiger partial charge in [-0.2, -0.15) is 4.98 Å². The fourth-order valence-corrected chi connectivity index (χ4v) is 1.82. The molecule has 7 nitrogen and oxygen atoms in total. The third-order valence-corrected chi connectivity index (χ3v) is 3.07. The van der Waals surface area contributed by atoms with Crippen LogP contribution in [0.4, 0.5) is 11.8 Å². The molecular formula is C10H13BrN6O. The quantitative estimate of drug-likeness (QED) is 0.583. The molecule has 0 spiro atoms. The van der Waals surface area contributed by atoms with Gasteiger partial charge in [0.1, 0.15) is 11.6 Å². The summed E-state index contributed by atoms with van der Waals surface area (Å²) in [5, 5.41) is 7.07. The van der Waals surface area contributed by atoms with E-state index < -0.39 is 0 Å². The van der Waals surface area contributed by atoms with Gasteiger partial charge in [0.05, 0.1) is 10.2 Å². The Labute approximate surface area is 112 Å². The van der Waals surface area contributed by atoms with Gasteiger partial charge >= 0.3 is 0 Å². The first kappa shape index (κ1) is 12.8. The second kappa shape index (κ2) is 5.32. The highest BCUT2D eigenvalue weighted by molar-refractivity contribution is 9.10. The second-order valence-corrected chi connectivity index (χ2v) is 4.55. The van der Waals surface area contributed by atoms with Crippen molar-refractivity contribution < 1.29 is 4.52 Å². The first-order valence-corrected chi connectivity index (χ1v) is 6.06. The Morgan fingerprint density at radius 1 is 1.44 bits per heavy atom. The number of hydrazine groups is 1. The predicted molar refractivity (Wildman–Crippen MR) is 70.8 cm³/mol. The molecule has 8 heteroatoms. The molecule has 0 aliphatic heterocycles. The van der Waals surface area contributed by atoms with Crippen LogP contribution in [-0.4, -0.2) is 15.1 Å². The highest BCUT2D eigenvalue weighted by Gasteiger charge is 2.10. The summed E-state index contributed by atoms with van der Waals surface area (Å²) in [5.41, 5.74) is 4.28. The van der Waals surface area contributed by atoms with E-state index in [1.165, 1.54) is 0 Å². The van der Waals surface area contributed by atoms with Gasteiger partial charge in [-0.1, -0.05) is 5.16 Å². The number of aromatic nitrogens is 3. The zero-order valence-electron chi connectivity index (χ0n) is 9.99. The first-order valence-electron chi connectivity index (χ1n) is 5.26. The van der Waals surface area contributed by atoms with Gasteiger partial charge in [0, 0.05) is 18.3 Å². The molecular weight excluding hydrogens is 300 g/mol. The number of nitrogen functional groups attached to an aromatic ring is 1. The summed E-state index contributed by atoms with van der Waals surface area (Å²) < 4.78 is 5.85. The molecule has 0 amide bonds. The van der Waals surface area contributed by atoms with Crippen LogP contribution in [0.3, 0.4) is 0 Å². The summed E-state index contributed by atoms with van der Waals surface area (Å²) in [4.78, 5) is 8.17. The third-order valence-electron chi connectivity index (χ3n) is 2.49. The Morgan fingerprint density at radius 2 is 2.22 bits per heavy atom. The van der Waals surface area contributed by atoms with E-state index in [1.807, 2.05) is 13.8 Å². The average Bonchev–Trinajstić information content (AvgIpc) is 2.68. The maximum Gasteiger partial charge on any atom is 0.239 e. The van der Waals surface area contributed by atoms with Gasteiger partial charge < -0.3 is 9.84 Å². The van der Waals surface area contributed by atoms with E-state index in [9.17, 15) is 0 Å². The molecule has 0 atom stereocenters. The number of aryl methyl sites for hydroxylation is 2. The van der Waals surface area contributed by atoms with Crippen LogP contribution in [0.1, 0.15) is 17.0 Å². The van der Waals surface area contributed by atoms with Crippen LogP contribution in [0, 0.1) is 13.8 Å². The number of nitrogens with one attached hydrogen (secondary N) is 2. The first-order chi connectivity index (χ1) is 8.61. The van der Waals surface area contributed by atoms with Crippen molar-refractivity contribution in [2.24, 2.45) is 5.84 Å². The average molecular weight is 313 g/mol. The van der Waals surface area contributed by atoms with Crippen LogP contribution in [-0.2, 0) is 6.54 Å². The molecule has 2 heterocycles. The van der Waals surface area contributed by atoms with Crippen LogP contribution in [0.2, 0.25) is 0 Å². The molecule has 2 aromatic heterocycles. The molecule has 0 aromatic carbocycles. The van der Waals surface area contributed by atoms with E-state index in [2.05, 4.69) is 41.8 Å². The number of nitrogens with zero attached hydrogens (tertiary/aromatic N) is 3. The standard InChI is InChI=1S/C10H13BrN6O/c1-5-7(6(2)18-17-5)3-13-9-8(11)4-14-10(15-9)16-12/h4H,3,12H2,1-2H3,(H2,13,14,15,16). The molecule has 0 saturated carbocycles. The summed E-state index contributed by atoms with van der Waals surface area (Å²) in [5.74, 6) is 7.06. The van der Waals surface area contributed by atoms with Crippen LogP contribution in [0.5, 0.6) is 0 Å². The highest BCUT2D eigenvalue weighted by Crippen LogP contribution is 2.21. The van der Waals surface area contributed by atoms with Gasteiger partial charge in [-0.25, -0.2) is 10.8 Å². The van der Waals surface area contributed by atoms with Crippen molar-refractivity contribution in [2.45, 2.75) is 20.4 Å². The molecule has 0 unspecified atom stereocenters. The van der Waals surface area contributed by atoms with E-state index in [-0.39, 0.29) is 0 Å². The molecule has 0 radical (unpaired) electrons. The van der Waals surface area contributed by atoms with E-state index in [1.54, 1.807) is 6.20 Å². The van der Waals surface area contributed by atoms with E-state index in [4.69, 9.17) is 10.4 Å². The fourth-order valence-electron chi connectivity index (χ4n) is 1.49. The van der Waals surface area contributed by atoms with Gasteiger partial charge in [-0.3, -0.25) is 5.43 Å². The summed E-state index contributed by atoms with van der Waals surface area (Å²) >= 11 is 3.37. The maximum atomic E-state index is 5.26. The lowest BCUT2D eigenvalue weighted by molar-refractivity contribution is 0.392. The van der Waals surface area contributed by atoms with Crippen LogP contribution in [0.25, 0.3) is 0 Å². The van der Waals surface area contributed by atoms with E-state index in [0.717, 1.165) is 21.5 Å². The topological polar surface area (TPSA) is 102 Å². The summed E-state index contributed by atoms with van der Waals surface area (Å²) in [6, 6.07) is 0. The van der Waals surface area contributed by atoms with Crippen molar-refractivity contribution in [1.29, 1.82) is 0 Å². The van der Waals surface area contributed by atoms with Crippen molar-refractivity contribution in [1.82, 2.24) is 15.1 Å². The summed E-state index contributed by atoms with van der Waals surface area (Å²) in [6.07, 6.45) is 1.62.